The van der Waals surface area contributed by atoms with Crippen LogP contribution in [0.2, 0.25) is 0 Å². The van der Waals surface area contributed by atoms with Gasteiger partial charge in [-0.2, -0.15) is 0 Å². The van der Waals surface area contributed by atoms with Crippen molar-refractivity contribution in [3.63, 3.8) is 0 Å². The quantitative estimate of drug-likeness (QED) is 0.723. The van der Waals surface area contributed by atoms with E-state index in [4.69, 9.17) is 5.73 Å². The molecule has 0 aromatic rings. The van der Waals surface area contributed by atoms with Crippen LogP contribution < -0.4 is 10.5 Å². The normalized spacial score (nSPS) is 31.6. The zero-order chi connectivity index (χ0) is 12.5. The van der Waals surface area contributed by atoms with Crippen molar-refractivity contribution in [2.24, 2.45) is 5.73 Å². The minimum atomic E-state index is -3.25. The predicted molar refractivity (Wildman–Crippen MR) is 68.2 cm³/mol. The highest BCUT2D eigenvalue weighted by Gasteiger charge is 2.39. The van der Waals surface area contributed by atoms with E-state index in [1.54, 1.807) is 0 Å². The van der Waals surface area contributed by atoms with E-state index in [0.29, 0.717) is 12.5 Å². The highest BCUT2D eigenvalue weighted by Crippen LogP contribution is 2.28. The van der Waals surface area contributed by atoms with Crippen molar-refractivity contribution in [2.75, 3.05) is 19.6 Å². The molecule has 0 saturated carbocycles. The van der Waals surface area contributed by atoms with Crippen molar-refractivity contribution in [1.82, 2.24) is 9.62 Å². The molecule has 2 saturated heterocycles. The lowest BCUT2D eigenvalue weighted by atomic mass is 10.1. The number of rotatable bonds is 5. The molecule has 2 fully saturated rings. The fraction of sp³-hybridized carbons (Fsp3) is 1.00. The summed E-state index contributed by atoms with van der Waals surface area (Å²) in [5.41, 5.74) is 5.52. The Kier molecular flexibility index (Phi) is 4.07. The maximum Gasteiger partial charge on any atom is 0.216 e. The minimum absolute atomic E-state index is 0.100. The van der Waals surface area contributed by atoms with Crippen molar-refractivity contribution in [3.8, 4) is 0 Å². The third-order valence-electron chi connectivity index (χ3n) is 4.08. The van der Waals surface area contributed by atoms with Crippen LogP contribution in [0.5, 0.6) is 0 Å². The first-order valence-corrected chi connectivity index (χ1v) is 8.08. The van der Waals surface area contributed by atoms with Crippen molar-refractivity contribution < 1.29 is 8.42 Å². The SMILES string of the molecule is CCC(CN)S(=O)(=O)NC1CCN2CCCC12. The molecule has 0 radical (unpaired) electrons. The summed E-state index contributed by atoms with van der Waals surface area (Å²) in [6.45, 7) is 4.22. The van der Waals surface area contributed by atoms with Crippen molar-refractivity contribution in [2.45, 2.75) is 49.9 Å². The smallest absolute Gasteiger partial charge is 0.216 e. The van der Waals surface area contributed by atoms with Gasteiger partial charge in [0.25, 0.3) is 0 Å². The van der Waals surface area contributed by atoms with Gasteiger partial charge in [0.05, 0.1) is 5.25 Å². The van der Waals surface area contributed by atoms with Crippen LogP contribution in [0.3, 0.4) is 0 Å². The van der Waals surface area contributed by atoms with Crippen molar-refractivity contribution in [3.05, 3.63) is 0 Å². The lowest BCUT2D eigenvalue weighted by Gasteiger charge is -2.23. The number of hydrogen-bond acceptors (Lipinski definition) is 4. The Morgan fingerprint density at radius 2 is 2.18 bits per heavy atom. The zero-order valence-electron chi connectivity index (χ0n) is 10.4. The molecule has 0 bridgehead atoms. The van der Waals surface area contributed by atoms with Crippen LogP contribution >= 0.6 is 0 Å². The van der Waals surface area contributed by atoms with Crippen LogP contribution in [0.4, 0.5) is 0 Å². The fourth-order valence-electron chi connectivity index (χ4n) is 3.04. The molecule has 2 aliphatic rings. The van der Waals surface area contributed by atoms with Gasteiger partial charge in [-0.05, 0) is 32.2 Å². The van der Waals surface area contributed by atoms with Gasteiger partial charge in [-0.3, -0.25) is 4.90 Å². The van der Waals surface area contributed by atoms with Gasteiger partial charge in [-0.1, -0.05) is 6.92 Å². The molecule has 3 atom stereocenters. The first-order chi connectivity index (χ1) is 8.08. The van der Waals surface area contributed by atoms with Crippen LogP contribution in [0, 0.1) is 0 Å². The summed E-state index contributed by atoms with van der Waals surface area (Å²) in [6, 6.07) is 0.517. The highest BCUT2D eigenvalue weighted by atomic mass is 32.2. The molecular weight excluding hydrogens is 238 g/mol. The maximum absolute atomic E-state index is 12.1. The number of hydrogen-bond donors (Lipinski definition) is 2. The van der Waals surface area contributed by atoms with Crippen LogP contribution in [0.15, 0.2) is 0 Å². The van der Waals surface area contributed by atoms with E-state index in [9.17, 15) is 8.42 Å². The topological polar surface area (TPSA) is 75.4 Å². The molecule has 0 amide bonds. The standard InChI is InChI=1S/C11H23N3O2S/c1-2-9(8-12)17(15,16)13-10-5-7-14-6-3-4-11(10)14/h9-11,13H,2-8,12H2,1H3. The molecule has 2 aliphatic heterocycles. The third kappa shape index (κ3) is 2.65. The Hall–Kier alpha value is -0.170. The summed E-state index contributed by atoms with van der Waals surface area (Å²) in [6.07, 6.45) is 3.82. The minimum Gasteiger partial charge on any atom is -0.329 e. The van der Waals surface area contributed by atoms with Gasteiger partial charge in [0.1, 0.15) is 0 Å². The van der Waals surface area contributed by atoms with E-state index >= 15 is 0 Å². The average Bonchev–Trinajstić information content (AvgIpc) is 2.84. The molecular formula is C11H23N3O2S. The van der Waals surface area contributed by atoms with Crippen LogP contribution in [0.25, 0.3) is 0 Å². The molecule has 3 unspecified atom stereocenters. The summed E-state index contributed by atoms with van der Waals surface area (Å²) >= 11 is 0. The number of sulfonamides is 1. The van der Waals surface area contributed by atoms with E-state index in [0.717, 1.165) is 25.9 Å². The molecule has 0 spiro atoms. The van der Waals surface area contributed by atoms with Gasteiger partial charge in [0.2, 0.25) is 10.0 Å². The Balaban J connectivity index is 2.01. The van der Waals surface area contributed by atoms with Crippen LogP contribution in [-0.4, -0.2) is 50.3 Å². The molecule has 2 rings (SSSR count). The number of fused-ring (bicyclic) bond motifs is 1. The molecule has 100 valence electrons. The second-order valence-electron chi connectivity index (χ2n) is 5.07. The van der Waals surface area contributed by atoms with Gasteiger partial charge in [0.15, 0.2) is 0 Å². The van der Waals surface area contributed by atoms with Gasteiger partial charge in [-0.15, -0.1) is 0 Å². The largest absolute Gasteiger partial charge is 0.329 e. The molecule has 6 heteroatoms. The fourth-order valence-corrected chi connectivity index (χ4v) is 4.62. The Morgan fingerprint density at radius 3 is 2.82 bits per heavy atom. The number of nitrogens with zero attached hydrogens (tertiary/aromatic N) is 1. The van der Waals surface area contributed by atoms with Gasteiger partial charge in [0, 0.05) is 25.2 Å². The van der Waals surface area contributed by atoms with Crippen LogP contribution in [-0.2, 0) is 10.0 Å². The van der Waals surface area contributed by atoms with Gasteiger partial charge >= 0.3 is 0 Å². The van der Waals surface area contributed by atoms with Crippen LogP contribution in [0.1, 0.15) is 32.6 Å². The first kappa shape index (κ1) is 13.3. The monoisotopic (exact) mass is 261 g/mol. The molecule has 2 heterocycles. The Bertz CT molecular complexity index is 354. The molecule has 17 heavy (non-hydrogen) atoms. The highest BCUT2D eigenvalue weighted by molar-refractivity contribution is 7.90. The molecule has 5 nitrogen and oxygen atoms in total. The summed E-state index contributed by atoms with van der Waals surface area (Å²) in [4.78, 5) is 2.40. The van der Waals surface area contributed by atoms with Crippen molar-refractivity contribution >= 4 is 10.0 Å². The number of nitrogens with two attached hydrogens (primary N) is 1. The molecule has 0 aromatic carbocycles. The van der Waals surface area contributed by atoms with E-state index < -0.39 is 15.3 Å². The van der Waals surface area contributed by atoms with E-state index in [1.165, 1.54) is 6.42 Å². The summed E-state index contributed by atoms with van der Waals surface area (Å²) in [5.74, 6) is 0. The molecule has 0 aliphatic carbocycles. The lowest BCUT2D eigenvalue weighted by Crippen LogP contribution is -2.47. The van der Waals surface area contributed by atoms with E-state index in [-0.39, 0.29) is 12.6 Å². The van der Waals surface area contributed by atoms with Gasteiger partial charge < -0.3 is 5.73 Å². The zero-order valence-corrected chi connectivity index (χ0v) is 11.2. The summed E-state index contributed by atoms with van der Waals surface area (Å²) < 4.78 is 27.1. The predicted octanol–water partition coefficient (Wildman–Crippen LogP) is -0.120. The number of nitrogens with one attached hydrogen (secondary N) is 1. The van der Waals surface area contributed by atoms with E-state index in [2.05, 4.69) is 9.62 Å². The molecule has 0 aromatic heterocycles. The van der Waals surface area contributed by atoms with Crippen molar-refractivity contribution in [1.29, 1.82) is 0 Å². The Labute approximate surface area is 104 Å². The second-order valence-corrected chi connectivity index (χ2v) is 7.06. The third-order valence-corrected chi connectivity index (χ3v) is 6.11. The van der Waals surface area contributed by atoms with Gasteiger partial charge in [-0.25, -0.2) is 13.1 Å². The summed E-state index contributed by atoms with van der Waals surface area (Å²) in [7, 11) is -3.25. The van der Waals surface area contributed by atoms with E-state index in [1.807, 2.05) is 6.92 Å². The average molecular weight is 261 g/mol. The summed E-state index contributed by atoms with van der Waals surface area (Å²) in [5, 5.41) is -0.446. The Morgan fingerprint density at radius 1 is 1.41 bits per heavy atom. The lowest BCUT2D eigenvalue weighted by molar-refractivity contribution is 0.308. The maximum atomic E-state index is 12.1. The second kappa shape index (κ2) is 5.22. The molecule has 3 N–H and O–H groups in total. The first-order valence-electron chi connectivity index (χ1n) is 6.53.